The SMILES string of the molecule is O=C(COc1cccc(F)c1)NCc1ccnc2ccccc12. The number of hydrogen-bond acceptors (Lipinski definition) is 3. The molecule has 3 aromatic rings. The number of ether oxygens (including phenoxy) is 1. The lowest BCUT2D eigenvalue weighted by Crippen LogP contribution is -2.28. The summed E-state index contributed by atoms with van der Waals surface area (Å²) in [6.45, 7) is 0.223. The van der Waals surface area contributed by atoms with Crippen molar-refractivity contribution in [1.29, 1.82) is 0 Å². The molecular formula is C18H15FN2O2. The van der Waals surface area contributed by atoms with Gasteiger partial charge in [-0.2, -0.15) is 0 Å². The van der Waals surface area contributed by atoms with Crippen molar-refractivity contribution in [2.75, 3.05) is 6.61 Å². The highest BCUT2D eigenvalue weighted by molar-refractivity contribution is 5.83. The summed E-state index contributed by atoms with van der Waals surface area (Å²) in [4.78, 5) is 16.1. The maximum atomic E-state index is 13.0. The lowest BCUT2D eigenvalue weighted by Gasteiger charge is -2.09. The van der Waals surface area contributed by atoms with Crippen molar-refractivity contribution in [2.45, 2.75) is 6.54 Å². The molecule has 1 heterocycles. The van der Waals surface area contributed by atoms with Crippen LogP contribution in [0.4, 0.5) is 4.39 Å². The minimum atomic E-state index is -0.397. The molecule has 1 aromatic heterocycles. The Hall–Kier alpha value is -2.95. The molecule has 23 heavy (non-hydrogen) atoms. The Bertz CT molecular complexity index is 831. The number of pyridine rings is 1. The second-order valence-corrected chi connectivity index (χ2v) is 5.01. The van der Waals surface area contributed by atoms with Crippen molar-refractivity contribution in [2.24, 2.45) is 0 Å². The van der Waals surface area contributed by atoms with Crippen molar-refractivity contribution in [1.82, 2.24) is 10.3 Å². The quantitative estimate of drug-likeness (QED) is 0.788. The second kappa shape index (κ2) is 6.87. The summed E-state index contributed by atoms with van der Waals surface area (Å²) in [5.41, 5.74) is 1.87. The van der Waals surface area contributed by atoms with Crippen LogP contribution in [0.2, 0.25) is 0 Å². The van der Waals surface area contributed by atoms with E-state index in [2.05, 4.69) is 10.3 Å². The minimum Gasteiger partial charge on any atom is -0.484 e. The standard InChI is InChI=1S/C18H15FN2O2/c19-14-4-3-5-15(10-14)23-12-18(22)21-11-13-8-9-20-17-7-2-1-6-16(13)17/h1-10H,11-12H2,(H,21,22). The summed E-state index contributed by atoms with van der Waals surface area (Å²) in [7, 11) is 0. The molecule has 116 valence electrons. The highest BCUT2D eigenvalue weighted by Gasteiger charge is 2.06. The lowest BCUT2D eigenvalue weighted by molar-refractivity contribution is -0.123. The van der Waals surface area contributed by atoms with E-state index in [9.17, 15) is 9.18 Å². The fourth-order valence-corrected chi connectivity index (χ4v) is 2.26. The number of amides is 1. The Balaban J connectivity index is 1.58. The predicted molar refractivity (Wildman–Crippen MR) is 85.5 cm³/mol. The Morgan fingerprint density at radius 3 is 2.87 bits per heavy atom. The predicted octanol–water partition coefficient (Wildman–Crippen LogP) is 3.07. The minimum absolute atomic E-state index is 0.160. The monoisotopic (exact) mass is 310 g/mol. The zero-order chi connectivity index (χ0) is 16.1. The molecule has 5 heteroatoms. The van der Waals surface area contributed by atoms with E-state index in [1.54, 1.807) is 12.3 Å². The normalized spacial score (nSPS) is 10.5. The van der Waals surface area contributed by atoms with Crippen molar-refractivity contribution in [3.05, 3.63) is 72.2 Å². The zero-order valence-corrected chi connectivity index (χ0v) is 12.3. The van der Waals surface area contributed by atoms with Crippen LogP contribution in [0.1, 0.15) is 5.56 Å². The second-order valence-electron chi connectivity index (χ2n) is 5.01. The molecule has 0 aliphatic rings. The van der Waals surface area contributed by atoms with Gasteiger partial charge in [0.15, 0.2) is 6.61 Å². The van der Waals surface area contributed by atoms with Gasteiger partial charge in [-0.25, -0.2) is 4.39 Å². The van der Waals surface area contributed by atoms with Gasteiger partial charge in [0, 0.05) is 24.2 Å². The number of nitrogens with zero attached hydrogens (tertiary/aromatic N) is 1. The van der Waals surface area contributed by atoms with E-state index in [0.29, 0.717) is 12.3 Å². The zero-order valence-electron chi connectivity index (χ0n) is 12.3. The molecule has 0 atom stereocenters. The molecule has 0 unspecified atom stereocenters. The average Bonchev–Trinajstić information content (AvgIpc) is 2.58. The molecule has 0 bridgehead atoms. The highest BCUT2D eigenvalue weighted by atomic mass is 19.1. The first-order valence-corrected chi connectivity index (χ1v) is 7.20. The van der Waals surface area contributed by atoms with Gasteiger partial charge < -0.3 is 10.1 Å². The van der Waals surface area contributed by atoms with Crippen LogP contribution in [0, 0.1) is 5.82 Å². The van der Waals surface area contributed by atoms with Crippen LogP contribution < -0.4 is 10.1 Å². The number of aromatic nitrogens is 1. The van der Waals surface area contributed by atoms with Crippen LogP contribution in [0.5, 0.6) is 5.75 Å². The van der Waals surface area contributed by atoms with Crippen molar-refractivity contribution in [3.8, 4) is 5.75 Å². The summed E-state index contributed by atoms with van der Waals surface area (Å²) in [5.74, 6) is -0.337. The molecule has 4 nitrogen and oxygen atoms in total. The number of rotatable bonds is 5. The van der Waals surface area contributed by atoms with Crippen molar-refractivity contribution < 1.29 is 13.9 Å². The Kier molecular flexibility index (Phi) is 4.47. The molecule has 1 N–H and O–H groups in total. The molecule has 0 fully saturated rings. The smallest absolute Gasteiger partial charge is 0.258 e. The first kappa shape index (κ1) is 15.0. The number of benzene rings is 2. The molecule has 3 rings (SSSR count). The summed E-state index contributed by atoms with van der Waals surface area (Å²) >= 11 is 0. The summed E-state index contributed by atoms with van der Waals surface area (Å²) in [5, 5.41) is 3.79. The van der Waals surface area contributed by atoms with Crippen LogP contribution in [0.3, 0.4) is 0 Å². The van der Waals surface area contributed by atoms with E-state index >= 15 is 0 Å². The van der Waals surface area contributed by atoms with Gasteiger partial charge >= 0.3 is 0 Å². The molecule has 0 saturated heterocycles. The van der Waals surface area contributed by atoms with Gasteiger partial charge in [-0.3, -0.25) is 9.78 Å². The maximum absolute atomic E-state index is 13.0. The van der Waals surface area contributed by atoms with Gasteiger partial charge in [0.1, 0.15) is 11.6 Å². The summed E-state index contributed by atoms with van der Waals surface area (Å²) in [6.07, 6.45) is 1.72. The molecule has 0 aliphatic carbocycles. The van der Waals surface area contributed by atoms with Crippen LogP contribution >= 0.6 is 0 Å². The maximum Gasteiger partial charge on any atom is 0.258 e. The molecule has 0 saturated carbocycles. The number of carbonyl (C=O) groups excluding carboxylic acids is 1. The van der Waals surface area contributed by atoms with Crippen LogP contribution in [-0.4, -0.2) is 17.5 Å². The van der Waals surface area contributed by atoms with Crippen LogP contribution in [-0.2, 0) is 11.3 Å². The van der Waals surface area contributed by atoms with Gasteiger partial charge in [0.05, 0.1) is 5.52 Å². The van der Waals surface area contributed by atoms with E-state index in [1.165, 1.54) is 18.2 Å². The first-order chi connectivity index (χ1) is 11.2. The largest absolute Gasteiger partial charge is 0.484 e. The van der Waals surface area contributed by atoms with Gasteiger partial charge in [-0.1, -0.05) is 24.3 Å². The van der Waals surface area contributed by atoms with Crippen molar-refractivity contribution in [3.63, 3.8) is 0 Å². The lowest BCUT2D eigenvalue weighted by atomic mass is 10.1. The molecular weight excluding hydrogens is 295 g/mol. The Morgan fingerprint density at radius 1 is 1.13 bits per heavy atom. The average molecular weight is 310 g/mol. The number of carbonyl (C=O) groups is 1. The highest BCUT2D eigenvalue weighted by Crippen LogP contribution is 2.16. The van der Waals surface area contributed by atoms with E-state index in [4.69, 9.17) is 4.74 Å². The number of hydrogen-bond donors (Lipinski definition) is 1. The third-order valence-corrected chi connectivity index (χ3v) is 3.38. The third kappa shape index (κ3) is 3.83. The third-order valence-electron chi connectivity index (χ3n) is 3.38. The number of nitrogens with one attached hydrogen (secondary N) is 1. The Morgan fingerprint density at radius 2 is 2.00 bits per heavy atom. The van der Waals surface area contributed by atoms with E-state index in [-0.39, 0.29) is 12.5 Å². The molecule has 1 amide bonds. The number of fused-ring (bicyclic) bond motifs is 1. The van der Waals surface area contributed by atoms with E-state index in [1.807, 2.05) is 30.3 Å². The summed E-state index contributed by atoms with van der Waals surface area (Å²) < 4.78 is 18.3. The van der Waals surface area contributed by atoms with Gasteiger partial charge in [0.25, 0.3) is 5.91 Å². The topological polar surface area (TPSA) is 51.2 Å². The van der Waals surface area contributed by atoms with Crippen LogP contribution in [0.15, 0.2) is 60.8 Å². The van der Waals surface area contributed by atoms with E-state index < -0.39 is 5.82 Å². The van der Waals surface area contributed by atoms with Gasteiger partial charge in [-0.15, -0.1) is 0 Å². The fraction of sp³-hybridized carbons (Fsp3) is 0.111. The van der Waals surface area contributed by atoms with Gasteiger partial charge in [-0.05, 0) is 29.8 Å². The van der Waals surface area contributed by atoms with E-state index in [0.717, 1.165) is 16.5 Å². The molecule has 0 spiro atoms. The first-order valence-electron chi connectivity index (χ1n) is 7.20. The van der Waals surface area contributed by atoms with Crippen molar-refractivity contribution >= 4 is 16.8 Å². The molecule has 0 radical (unpaired) electrons. The molecule has 0 aliphatic heterocycles. The Labute approximate surface area is 132 Å². The van der Waals surface area contributed by atoms with Gasteiger partial charge in [0.2, 0.25) is 0 Å². The fourth-order valence-electron chi connectivity index (χ4n) is 2.26. The summed E-state index contributed by atoms with van der Waals surface area (Å²) in [6, 6.07) is 15.3. The number of para-hydroxylation sites is 1. The molecule has 2 aromatic carbocycles. The number of halogens is 1. The van der Waals surface area contributed by atoms with Crippen LogP contribution in [0.25, 0.3) is 10.9 Å².